The quantitative estimate of drug-likeness (QED) is 0.179. The van der Waals surface area contributed by atoms with Crippen LogP contribution < -0.4 is 0 Å². The van der Waals surface area contributed by atoms with Gasteiger partial charge in [-0.15, -0.1) is 6.58 Å². The fraction of sp³-hybridized carbons (Fsp3) is 0.435. The fourth-order valence-corrected chi connectivity index (χ4v) is 2.06. The fourth-order valence-electron chi connectivity index (χ4n) is 2.06. The zero-order chi connectivity index (χ0) is 18.4. The Morgan fingerprint density at radius 2 is 1.24 bits per heavy atom. The number of carbonyl (C=O) groups is 1. The minimum absolute atomic E-state index is 0.123. The summed E-state index contributed by atoms with van der Waals surface area (Å²) < 4.78 is 4.93. The van der Waals surface area contributed by atoms with Crippen LogP contribution in [0, 0.1) is 0 Å². The summed E-state index contributed by atoms with van der Waals surface area (Å²) in [6.07, 6.45) is 29.6. The molecule has 0 atom stereocenters. The first-order valence-electron chi connectivity index (χ1n) is 9.28. The second kappa shape index (κ2) is 20.0. The Labute approximate surface area is 154 Å². The number of allylic oxidation sites excluding steroid dienone is 9. The lowest BCUT2D eigenvalue weighted by Crippen LogP contribution is -2.03. The second-order valence-electron chi connectivity index (χ2n) is 5.69. The van der Waals surface area contributed by atoms with E-state index in [1.807, 2.05) is 6.08 Å². The molecule has 138 valence electrons. The molecule has 0 radical (unpaired) electrons. The van der Waals surface area contributed by atoms with Gasteiger partial charge < -0.3 is 4.74 Å². The maximum absolute atomic E-state index is 11.3. The van der Waals surface area contributed by atoms with Gasteiger partial charge in [-0.1, -0.05) is 73.8 Å². The maximum Gasteiger partial charge on any atom is 0.306 e. The Kier molecular flexibility index (Phi) is 18.3. The van der Waals surface area contributed by atoms with Gasteiger partial charge in [0.25, 0.3) is 0 Å². The van der Waals surface area contributed by atoms with Gasteiger partial charge in [-0.2, -0.15) is 0 Å². The number of hydrogen-bond acceptors (Lipinski definition) is 2. The molecule has 0 unspecified atom stereocenters. The maximum atomic E-state index is 11.3. The van der Waals surface area contributed by atoms with Crippen molar-refractivity contribution in [3.05, 3.63) is 73.9 Å². The van der Waals surface area contributed by atoms with Gasteiger partial charge in [-0.25, -0.2) is 0 Å². The Hall–Kier alpha value is -2.09. The highest BCUT2D eigenvalue weighted by Gasteiger charge is 2.00. The van der Waals surface area contributed by atoms with Gasteiger partial charge in [0, 0.05) is 6.42 Å². The Morgan fingerprint density at radius 1 is 0.680 bits per heavy atom. The van der Waals surface area contributed by atoms with Crippen molar-refractivity contribution in [3.63, 3.8) is 0 Å². The molecule has 0 spiro atoms. The predicted molar refractivity (Wildman–Crippen MR) is 109 cm³/mol. The molecule has 0 heterocycles. The molecular formula is C23H34O2. The molecule has 0 saturated heterocycles. The van der Waals surface area contributed by atoms with Gasteiger partial charge in [0.1, 0.15) is 6.61 Å². The SMILES string of the molecule is C=CC/C=C\C/C=C\C/C=C\C/C=C\CCCCCC(=O)OCC=C. The highest BCUT2D eigenvalue weighted by Crippen LogP contribution is 2.05. The summed E-state index contributed by atoms with van der Waals surface area (Å²) in [5.74, 6) is -0.123. The van der Waals surface area contributed by atoms with Crippen molar-refractivity contribution in [1.29, 1.82) is 0 Å². The third kappa shape index (κ3) is 19.9. The summed E-state index contributed by atoms with van der Waals surface area (Å²) in [4.78, 5) is 11.3. The molecule has 0 aromatic carbocycles. The standard InChI is InChI=1S/C23H34O2/c1-3-5-6-7-8-9-10-11-12-13-14-15-16-17-18-19-20-21-23(24)25-22-4-2/h3-4,6-7,9-10,12-13,15-16H,1-2,5,8,11,14,17-22H2/b7-6-,10-9-,13-12-,16-15-. The van der Waals surface area contributed by atoms with E-state index in [1.165, 1.54) is 0 Å². The largest absolute Gasteiger partial charge is 0.461 e. The molecule has 0 aliphatic heterocycles. The lowest BCUT2D eigenvalue weighted by Gasteiger charge is -2.00. The molecule has 0 rings (SSSR count). The van der Waals surface area contributed by atoms with E-state index in [0.717, 1.165) is 51.4 Å². The molecule has 0 N–H and O–H groups in total. The Bertz CT molecular complexity index is 453. The van der Waals surface area contributed by atoms with Crippen molar-refractivity contribution in [2.24, 2.45) is 0 Å². The molecule has 0 fully saturated rings. The van der Waals surface area contributed by atoms with Crippen LogP contribution in [-0.4, -0.2) is 12.6 Å². The third-order valence-electron chi connectivity index (χ3n) is 3.40. The minimum Gasteiger partial charge on any atom is -0.461 e. The molecular weight excluding hydrogens is 308 g/mol. The zero-order valence-corrected chi connectivity index (χ0v) is 15.6. The number of hydrogen-bond donors (Lipinski definition) is 0. The van der Waals surface area contributed by atoms with Crippen LogP contribution in [0.4, 0.5) is 0 Å². The first-order valence-corrected chi connectivity index (χ1v) is 9.28. The van der Waals surface area contributed by atoms with E-state index in [9.17, 15) is 4.79 Å². The van der Waals surface area contributed by atoms with Gasteiger partial charge >= 0.3 is 5.97 Å². The molecule has 25 heavy (non-hydrogen) atoms. The topological polar surface area (TPSA) is 26.3 Å². The molecule has 0 aromatic heterocycles. The van der Waals surface area contributed by atoms with Gasteiger partial charge in [0.2, 0.25) is 0 Å². The van der Waals surface area contributed by atoms with E-state index in [2.05, 4.69) is 61.8 Å². The van der Waals surface area contributed by atoms with Crippen LogP contribution in [-0.2, 0) is 9.53 Å². The van der Waals surface area contributed by atoms with Crippen molar-refractivity contribution in [1.82, 2.24) is 0 Å². The number of rotatable bonds is 16. The van der Waals surface area contributed by atoms with Gasteiger partial charge in [-0.3, -0.25) is 4.79 Å². The van der Waals surface area contributed by atoms with Crippen molar-refractivity contribution < 1.29 is 9.53 Å². The molecule has 0 aromatic rings. The summed E-state index contributed by atoms with van der Waals surface area (Å²) >= 11 is 0. The van der Waals surface area contributed by atoms with E-state index < -0.39 is 0 Å². The van der Waals surface area contributed by atoms with Crippen LogP contribution in [0.15, 0.2) is 73.9 Å². The lowest BCUT2D eigenvalue weighted by molar-refractivity contribution is -0.142. The minimum atomic E-state index is -0.123. The van der Waals surface area contributed by atoms with E-state index in [0.29, 0.717) is 13.0 Å². The normalized spacial score (nSPS) is 11.8. The average Bonchev–Trinajstić information content (AvgIpc) is 2.62. The second-order valence-corrected chi connectivity index (χ2v) is 5.69. The highest BCUT2D eigenvalue weighted by molar-refractivity contribution is 5.69. The predicted octanol–water partition coefficient (Wildman–Crippen LogP) is 6.64. The summed E-state index contributed by atoms with van der Waals surface area (Å²) in [5, 5.41) is 0. The highest BCUT2D eigenvalue weighted by atomic mass is 16.5. The van der Waals surface area contributed by atoms with Crippen molar-refractivity contribution in [2.45, 2.75) is 57.8 Å². The Balaban J connectivity index is 3.42. The smallest absolute Gasteiger partial charge is 0.306 e. The van der Waals surface area contributed by atoms with E-state index >= 15 is 0 Å². The molecule has 2 heteroatoms. The summed E-state index contributed by atoms with van der Waals surface area (Å²) in [6, 6.07) is 0. The van der Waals surface area contributed by atoms with Gasteiger partial charge in [-0.05, 0) is 44.9 Å². The van der Waals surface area contributed by atoms with Crippen LogP contribution in [0.3, 0.4) is 0 Å². The summed E-state index contributed by atoms with van der Waals surface area (Å²) in [5.41, 5.74) is 0. The van der Waals surface area contributed by atoms with Crippen LogP contribution in [0.5, 0.6) is 0 Å². The molecule has 0 aliphatic carbocycles. The van der Waals surface area contributed by atoms with Crippen LogP contribution >= 0.6 is 0 Å². The first-order chi connectivity index (χ1) is 12.3. The van der Waals surface area contributed by atoms with E-state index in [1.54, 1.807) is 6.08 Å². The van der Waals surface area contributed by atoms with Crippen molar-refractivity contribution in [3.8, 4) is 0 Å². The van der Waals surface area contributed by atoms with E-state index in [4.69, 9.17) is 4.74 Å². The van der Waals surface area contributed by atoms with Crippen molar-refractivity contribution in [2.75, 3.05) is 6.61 Å². The van der Waals surface area contributed by atoms with Crippen molar-refractivity contribution >= 4 is 5.97 Å². The molecule has 0 bridgehead atoms. The number of unbranched alkanes of at least 4 members (excludes halogenated alkanes) is 3. The summed E-state index contributed by atoms with van der Waals surface area (Å²) in [6.45, 7) is 7.51. The molecule has 0 saturated carbocycles. The molecule has 2 nitrogen and oxygen atoms in total. The molecule has 0 aliphatic rings. The zero-order valence-electron chi connectivity index (χ0n) is 15.6. The van der Waals surface area contributed by atoms with Gasteiger partial charge in [0.05, 0.1) is 0 Å². The van der Waals surface area contributed by atoms with Crippen LogP contribution in [0.2, 0.25) is 0 Å². The Morgan fingerprint density at radius 3 is 1.80 bits per heavy atom. The lowest BCUT2D eigenvalue weighted by atomic mass is 10.1. The number of carbonyl (C=O) groups excluding carboxylic acids is 1. The number of esters is 1. The van der Waals surface area contributed by atoms with E-state index in [-0.39, 0.29) is 5.97 Å². The van der Waals surface area contributed by atoms with Crippen LogP contribution in [0.1, 0.15) is 57.8 Å². The third-order valence-corrected chi connectivity index (χ3v) is 3.40. The monoisotopic (exact) mass is 342 g/mol. The van der Waals surface area contributed by atoms with Crippen LogP contribution in [0.25, 0.3) is 0 Å². The average molecular weight is 343 g/mol. The molecule has 0 amide bonds. The van der Waals surface area contributed by atoms with Gasteiger partial charge in [0.15, 0.2) is 0 Å². The number of ether oxygens (including phenoxy) is 1. The summed E-state index contributed by atoms with van der Waals surface area (Å²) in [7, 11) is 0. The first kappa shape index (κ1) is 22.9.